The maximum Gasteiger partial charge on any atom is 0.276 e. The van der Waals surface area contributed by atoms with Crippen molar-refractivity contribution in [2.75, 3.05) is 12.5 Å². The molecule has 3 atom stereocenters. The summed E-state index contributed by atoms with van der Waals surface area (Å²) in [5, 5.41) is 13.1. The number of pyridine rings is 1. The first-order chi connectivity index (χ1) is 18.6. The first-order valence-electron chi connectivity index (χ1n) is 12.5. The number of aromatic nitrogens is 1. The number of halogens is 2. The lowest BCUT2D eigenvalue weighted by molar-refractivity contribution is 0.0455. The molecule has 39 heavy (non-hydrogen) atoms. The van der Waals surface area contributed by atoms with Crippen molar-refractivity contribution in [2.24, 2.45) is 0 Å². The Morgan fingerprint density at radius 3 is 2.56 bits per heavy atom. The van der Waals surface area contributed by atoms with Gasteiger partial charge in [0.15, 0.2) is 11.4 Å². The summed E-state index contributed by atoms with van der Waals surface area (Å²) in [6, 6.07) is 11.0. The Bertz CT molecular complexity index is 1430. The molecule has 0 radical (unpaired) electrons. The number of ether oxygens (including phenoxy) is 1. The van der Waals surface area contributed by atoms with Crippen LogP contribution in [0.25, 0.3) is 0 Å². The SMILES string of the molecule is C[C@@H]1C[C@@H](O)[C@H](C)N(C)C(=O)c2c(OCc3ccccc3)c(=O)c(C(=O)NCc3ccc(F)cc3F)cn2N1. The van der Waals surface area contributed by atoms with E-state index in [1.807, 2.05) is 6.07 Å². The molecule has 9 nitrogen and oxygen atoms in total. The van der Waals surface area contributed by atoms with Gasteiger partial charge in [-0.15, -0.1) is 0 Å². The molecule has 0 aliphatic carbocycles. The number of likely N-dealkylation sites (N-methyl/N-ethyl adjacent to an activating group) is 1. The van der Waals surface area contributed by atoms with Gasteiger partial charge >= 0.3 is 0 Å². The highest BCUT2D eigenvalue weighted by Gasteiger charge is 2.34. The molecule has 0 saturated heterocycles. The van der Waals surface area contributed by atoms with Gasteiger partial charge in [0.1, 0.15) is 23.8 Å². The highest BCUT2D eigenvalue weighted by molar-refractivity contribution is 5.99. The van der Waals surface area contributed by atoms with Crippen LogP contribution in [0.3, 0.4) is 0 Å². The van der Waals surface area contributed by atoms with Crippen LogP contribution >= 0.6 is 0 Å². The van der Waals surface area contributed by atoms with Crippen LogP contribution in [0.2, 0.25) is 0 Å². The molecule has 2 amide bonds. The Hall–Kier alpha value is -4.25. The van der Waals surface area contributed by atoms with Crippen molar-refractivity contribution < 1.29 is 28.2 Å². The summed E-state index contributed by atoms with van der Waals surface area (Å²) in [5.74, 6) is -3.38. The van der Waals surface area contributed by atoms with E-state index < -0.39 is 41.0 Å². The lowest BCUT2D eigenvalue weighted by Crippen LogP contribution is -2.43. The standard InChI is InChI=1S/C28H30F2N4O5/c1-16-11-23(35)17(2)33(3)28(38)24-26(39-15-18-7-5-4-6-8-18)25(36)21(14-34(24)32-16)27(37)31-13-19-9-10-20(29)12-22(19)30/h4-10,12,14,16-17,23,32,35H,11,13,15H2,1-3H3,(H,31,37)/t16-,17+,23-/m1/s1. The minimum Gasteiger partial charge on any atom is -0.482 e. The second kappa shape index (κ2) is 11.6. The monoisotopic (exact) mass is 540 g/mol. The minimum absolute atomic E-state index is 0.0275. The number of hydrogen-bond acceptors (Lipinski definition) is 6. The third kappa shape index (κ3) is 6.09. The number of aliphatic hydroxyl groups is 1. The average molecular weight is 541 g/mol. The summed E-state index contributed by atoms with van der Waals surface area (Å²) in [4.78, 5) is 41.7. The molecule has 3 aromatic rings. The number of nitrogens with one attached hydrogen (secondary N) is 2. The summed E-state index contributed by atoms with van der Waals surface area (Å²) >= 11 is 0. The molecule has 2 aromatic carbocycles. The fourth-order valence-electron chi connectivity index (χ4n) is 4.31. The number of aliphatic hydroxyl groups excluding tert-OH is 1. The van der Waals surface area contributed by atoms with E-state index in [2.05, 4.69) is 10.7 Å². The van der Waals surface area contributed by atoms with E-state index in [1.165, 1.54) is 28.9 Å². The Morgan fingerprint density at radius 2 is 1.87 bits per heavy atom. The normalized spacial score (nSPS) is 19.3. The second-order valence-corrected chi connectivity index (χ2v) is 9.60. The molecule has 1 aliphatic rings. The molecule has 0 saturated carbocycles. The average Bonchev–Trinajstić information content (AvgIpc) is 2.93. The van der Waals surface area contributed by atoms with Gasteiger partial charge in [-0.3, -0.25) is 19.1 Å². The number of amides is 2. The molecule has 3 N–H and O–H groups in total. The highest BCUT2D eigenvalue weighted by atomic mass is 19.1. The molecule has 4 rings (SSSR count). The molecule has 1 aliphatic heterocycles. The molecule has 0 unspecified atom stereocenters. The number of nitrogens with zero attached hydrogens (tertiary/aromatic N) is 2. The van der Waals surface area contributed by atoms with Gasteiger partial charge in [-0.05, 0) is 31.9 Å². The van der Waals surface area contributed by atoms with Crippen molar-refractivity contribution in [1.29, 1.82) is 0 Å². The fourth-order valence-corrected chi connectivity index (χ4v) is 4.31. The Balaban J connectivity index is 1.77. The molecule has 0 spiro atoms. The first-order valence-corrected chi connectivity index (χ1v) is 12.5. The number of carbonyl (C=O) groups is 2. The van der Waals surface area contributed by atoms with Gasteiger partial charge in [-0.25, -0.2) is 8.78 Å². The van der Waals surface area contributed by atoms with Gasteiger partial charge in [0, 0.05) is 37.5 Å². The number of benzene rings is 2. The molecule has 1 aromatic heterocycles. The van der Waals surface area contributed by atoms with Gasteiger partial charge in [-0.2, -0.15) is 0 Å². The maximum atomic E-state index is 14.1. The van der Waals surface area contributed by atoms with Crippen molar-refractivity contribution in [2.45, 2.75) is 51.6 Å². The summed E-state index contributed by atoms with van der Waals surface area (Å²) in [5.41, 5.74) is 2.50. The Labute approximate surface area is 224 Å². The third-order valence-electron chi connectivity index (χ3n) is 6.74. The zero-order chi connectivity index (χ0) is 28.3. The molecule has 206 valence electrons. The van der Waals surface area contributed by atoms with E-state index in [1.54, 1.807) is 38.1 Å². The molecular weight excluding hydrogens is 510 g/mol. The highest BCUT2D eigenvalue weighted by Crippen LogP contribution is 2.23. The van der Waals surface area contributed by atoms with Crippen LogP contribution in [0, 0.1) is 11.6 Å². The van der Waals surface area contributed by atoms with Gasteiger partial charge in [0.25, 0.3) is 11.8 Å². The van der Waals surface area contributed by atoms with Crippen molar-refractivity contribution in [3.8, 4) is 5.75 Å². The smallest absolute Gasteiger partial charge is 0.276 e. The predicted molar refractivity (Wildman–Crippen MR) is 140 cm³/mol. The quantitative estimate of drug-likeness (QED) is 0.443. The van der Waals surface area contributed by atoms with Gasteiger partial charge < -0.3 is 25.5 Å². The van der Waals surface area contributed by atoms with Crippen LogP contribution < -0.4 is 20.9 Å². The summed E-state index contributed by atoms with van der Waals surface area (Å²) in [7, 11) is 1.51. The summed E-state index contributed by atoms with van der Waals surface area (Å²) < 4.78 is 34.5. The maximum absolute atomic E-state index is 14.1. The fraction of sp³-hybridized carbons (Fsp3) is 0.321. The van der Waals surface area contributed by atoms with Crippen LogP contribution in [0.5, 0.6) is 5.75 Å². The number of hydrogen-bond donors (Lipinski definition) is 3. The summed E-state index contributed by atoms with van der Waals surface area (Å²) in [6.07, 6.45) is 0.606. The van der Waals surface area contributed by atoms with Crippen molar-refractivity contribution in [3.63, 3.8) is 0 Å². The zero-order valence-corrected chi connectivity index (χ0v) is 21.8. The number of carbonyl (C=O) groups excluding carboxylic acids is 2. The number of fused-ring (bicyclic) bond motifs is 1. The molecule has 11 heteroatoms. The van der Waals surface area contributed by atoms with E-state index in [-0.39, 0.29) is 48.2 Å². The van der Waals surface area contributed by atoms with E-state index >= 15 is 0 Å². The minimum atomic E-state index is -0.856. The Kier molecular flexibility index (Phi) is 8.29. The topological polar surface area (TPSA) is 113 Å². The predicted octanol–water partition coefficient (Wildman–Crippen LogP) is 2.79. The molecule has 2 heterocycles. The van der Waals surface area contributed by atoms with Gasteiger partial charge in [0.05, 0.1) is 12.1 Å². The van der Waals surface area contributed by atoms with E-state index in [9.17, 15) is 28.3 Å². The molecular formula is C28H30F2N4O5. The number of rotatable bonds is 6. The van der Waals surface area contributed by atoms with Crippen LogP contribution in [0.1, 0.15) is 52.2 Å². The van der Waals surface area contributed by atoms with Crippen molar-refractivity contribution in [1.82, 2.24) is 14.9 Å². The largest absolute Gasteiger partial charge is 0.482 e. The first kappa shape index (κ1) is 27.8. The van der Waals surface area contributed by atoms with E-state index in [0.29, 0.717) is 6.07 Å². The third-order valence-corrected chi connectivity index (χ3v) is 6.74. The van der Waals surface area contributed by atoms with Crippen LogP contribution in [-0.4, -0.2) is 51.7 Å². The van der Waals surface area contributed by atoms with E-state index in [0.717, 1.165) is 11.6 Å². The molecule has 0 fully saturated rings. The van der Waals surface area contributed by atoms with E-state index in [4.69, 9.17) is 4.74 Å². The van der Waals surface area contributed by atoms with Crippen LogP contribution in [0.4, 0.5) is 8.78 Å². The lowest BCUT2D eigenvalue weighted by Gasteiger charge is -2.28. The van der Waals surface area contributed by atoms with Gasteiger partial charge in [0.2, 0.25) is 5.43 Å². The zero-order valence-electron chi connectivity index (χ0n) is 21.8. The Morgan fingerprint density at radius 1 is 1.15 bits per heavy atom. The molecule has 0 bridgehead atoms. The van der Waals surface area contributed by atoms with Crippen molar-refractivity contribution in [3.05, 3.63) is 99.0 Å². The second-order valence-electron chi connectivity index (χ2n) is 9.60. The van der Waals surface area contributed by atoms with Gasteiger partial charge in [-0.1, -0.05) is 36.4 Å². The van der Waals surface area contributed by atoms with Crippen LogP contribution in [-0.2, 0) is 13.2 Å². The van der Waals surface area contributed by atoms with Crippen LogP contribution in [0.15, 0.2) is 59.5 Å². The lowest BCUT2D eigenvalue weighted by atomic mass is 10.0. The summed E-state index contributed by atoms with van der Waals surface area (Å²) in [6.45, 7) is 3.13. The van der Waals surface area contributed by atoms with Crippen molar-refractivity contribution >= 4 is 11.8 Å².